The second-order valence-electron chi connectivity index (χ2n) is 5.46. The molecule has 0 aliphatic carbocycles. The van der Waals surface area contributed by atoms with E-state index >= 15 is 0 Å². The van der Waals surface area contributed by atoms with E-state index in [1.165, 1.54) is 5.32 Å². The molecular weight excluding hydrogens is 353 g/mol. The molecule has 0 bridgehead atoms. The van der Waals surface area contributed by atoms with Gasteiger partial charge in [-0.1, -0.05) is 0 Å². The number of rotatable bonds is 4. The Bertz CT molecular complexity index is 737. The molecule has 0 radical (unpaired) electrons. The number of hydrogen-bond acceptors (Lipinski definition) is 3. The van der Waals surface area contributed by atoms with Crippen LogP contribution < -0.4 is 10.6 Å². The van der Waals surface area contributed by atoms with Gasteiger partial charge in [0.15, 0.2) is 0 Å². The Hall–Kier alpha value is -2.72. The topological polar surface area (TPSA) is 78.5 Å². The van der Waals surface area contributed by atoms with Crippen LogP contribution in [0.2, 0.25) is 0 Å². The normalized spacial score (nSPS) is 20.6. The lowest BCUT2D eigenvalue weighted by Gasteiger charge is -2.22. The minimum absolute atomic E-state index is 0.329. The largest absolute Gasteiger partial charge is 0.405 e. The average Bonchev–Trinajstić information content (AvgIpc) is 2.71. The van der Waals surface area contributed by atoms with E-state index in [0.29, 0.717) is 11.0 Å². The van der Waals surface area contributed by atoms with Gasteiger partial charge in [-0.05, 0) is 25.1 Å². The van der Waals surface area contributed by atoms with E-state index in [9.17, 15) is 36.3 Å². The molecule has 0 saturated carbocycles. The molecule has 136 valence electrons. The molecule has 1 fully saturated rings. The summed E-state index contributed by atoms with van der Waals surface area (Å²) in [6.45, 7) is -1.53. The third-order valence-corrected chi connectivity index (χ3v) is 3.53. The Labute approximate surface area is 138 Å². The molecule has 0 spiro atoms. The van der Waals surface area contributed by atoms with Gasteiger partial charge < -0.3 is 10.6 Å². The lowest BCUT2D eigenvalue weighted by molar-refractivity contribution is -0.141. The lowest BCUT2D eigenvalue weighted by atomic mass is 9.91. The fourth-order valence-electron chi connectivity index (χ4n) is 2.30. The number of carbonyl (C=O) groups excluding carboxylic acids is 3. The minimum atomic E-state index is -4.66. The number of halogens is 5. The second-order valence-corrected chi connectivity index (χ2v) is 5.46. The quantitative estimate of drug-likeness (QED) is 0.626. The predicted octanol–water partition coefficient (Wildman–Crippen LogP) is 1.41. The Balaban J connectivity index is 2.19. The minimum Gasteiger partial charge on any atom is -0.345 e. The van der Waals surface area contributed by atoms with E-state index in [2.05, 4.69) is 5.32 Å². The average molecular weight is 365 g/mol. The van der Waals surface area contributed by atoms with E-state index in [-0.39, 0.29) is 0 Å². The fourth-order valence-corrected chi connectivity index (χ4v) is 2.30. The fraction of sp³-hybridized carbons (Fsp3) is 0.357. The number of alkyl halides is 3. The molecule has 1 aliphatic heterocycles. The monoisotopic (exact) mass is 365 g/mol. The van der Waals surface area contributed by atoms with Gasteiger partial charge in [0.2, 0.25) is 5.91 Å². The van der Waals surface area contributed by atoms with Gasteiger partial charge in [-0.25, -0.2) is 13.6 Å². The zero-order chi connectivity index (χ0) is 19.0. The molecule has 2 N–H and O–H groups in total. The summed E-state index contributed by atoms with van der Waals surface area (Å²) in [5.41, 5.74) is -2.46. The van der Waals surface area contributed by atoms with Crippen molar-refractivity contribution in [1.29, 1.82) is 0 Å². The van der Waals surface area contributed by atoms with E-state index in [0.717, 1.165) is 19.1 Å². The first-order chi connectivity index (χ1) is 11.4. The molecule has 0 unspecified atom stereocenters. The molecule has 1 saturated heterocycles. The summed E-state index contributed by atoms with van der Waals surface area (Å²) in [5.74, 6) is -4.16. The highest BCUT2D eigenvalue weighted by Crippen LogP contribution is 2.31. The van der Waals surface area contributed by atoms with E-state index in [1.807, 2.05) is 0 Å². The van der Waals surface area contributed by atoms with Crippen molar-refractivity contribution < 1.29 is 36.3 Å². The highest BCUT2D eigenvalue weighted by atomic mass is 19.4. The lowest BCUT2D eigenvalue weighted by Crippen LogP contribution is -2.45. The van der Waals surface area contributed by atoms with E-state index < -0.39 is 59.8 Å². The number of nitrogens with zero attached hydrogens (tertiary/aromatic N) is 1. The molecule has 0 aromatic heterocycles. The summed E-state index contributed by atoms with van der Waals surface area (Å²) in [7, 11) is 0. The molecule has 6 nitrogen and oxygen atoms in total. The van der Waals surface area contributed by atoms with Crippen molar-refractivity contribution >= 4 is 17.8 Å². The van der Waals surface area contributed by atoms with E-state index in [4.69, 9.17) is 0 Å². The molecule has 1 aliphatic rings. The number of amides is 4. The maximum absolute atomic E-state index is 13.9. The van der Waals surface area contributed by atoms with Crippen molar-refractivity contribution in [3.8, 4) is 0 Å². The van der Waals surface area contributed by atoms with Crippen LogP contribution in [0, 0.1) is 11.6 Å². The van der Waals surface area contributed by atoms with Crippen LogP contribution in [0.25, 0.3) is 0 Å². The third-order valence-electron chi connectivity index (χ3n) is 3.53. The second kappa shape index (κ2) is 6.30. The Kier molecular flexibility index (Phi) is 4.69. The number of carbonyl (C=O) groups is 3. The first kappa shape index (κ1) is 18.6. The molecular formula is C14H12F5N3O3. The molecule has 4 amide bonds. The Morgan fingerprint density at radius 2 is 1.92 bits per heavy atom. The molecule has 11 heteroatoms. The van der Waals surface area contributed by atoms with Crippen molar-refractivity contribution in [1.82, 2.24) is 15.5 Å². The van der Waals surface area contributed by atoms with Gasteiger partial charge in [0, 0.05) is 5.56 Å². The van der Waals surface area contributed by atoms with E-state index in [1.54, 1.807) is 0 Å². The number of imide groups is 1. The number of urea groups is 1. The summed E-state index contributed by atoms with van der Waals surface area (Å²) < 4.78 is 63.4. The smallest absolute Gasteiger partial charge is 0.345 e. The number of nitrogens with one attached hydrogen (secondary N) is 2. The maximum Gasteiger partial charge on any atom is 0.405 e. The summed E-state index contributed by atoms with van der Waals surface area (Å²) in [6, 6.07) is 1.17. The van der Waals surface area contributed by atoms with Crippen LogP contribution in [-0.2, 0) is 15.1 Å². The highest BCUT2D eigenvalue weighted by Gasteiger charge is 2.51. The van der Waals surface area contributed by atoms with Gasteiger partial charge in [-0.2, -0.15) is 13.2 Å². The van der Waals surface area contributed by atoms with Crippen molar-refractivity contribution in [2.24, 2.45) is 0 Å². The highest BCUT2D eigenvalue weighted by molar-refractivity contribution is 6.09. The van der Waals surface area contributed by atoms with Crippen molar-refractivity contribution in [2.75, 3.05) is 13.1 Å². The van der Waals surface area contributed by atoms with Crippen molar-refractivity contribution in [2.45, 2.75) is 18.6 Å². The zero-order valence-corrected chi connectivity index (χ0v) is 12.7. The van der Waals surface area contributed by atoms with Gasteiger partial charge in [0.25, 0.3) is 5.91 Å². The number of benzene rings is 1. The van der Waals surface area contributed by atoms with Gasteiger partial charge in [0.1, 0.15) is 30.3 Å². The van der Waals surface area contributed by atoms with Crippen LogP contribution in [0.15, 0.2) is 18.2 Å². The predicted molar refractivity (Wildman–Crippen MR) is 73.0 cm³/mol. The van der Waals surface area contributed by atoms with Gasteiger partial charge in [-0.3, -0.25) is 14.5 Å². The van der Waals surface area contributed by atoms with Crippen LogP contribution in [0.5, 0.6) is 0 Å². The molecule has 1 aromatic rings. The van der Waals surface area contributed by atoms with Gasteiger partial charge >= 0.3 is 12.2 Å². The molecule has 2 rings (SSSR count). The van der Waals surface area contributed by atoms with Crippen LogP contribution in [0.4, 0.5) is 26.7 Å². The molecule has 1 atom stereocenters. The summed E-state index contributed by atoms with van der Waals surface area (Å²) in [5, 5.41) is 3.63. The Morgan fingerprint density at radius 3 is 2.52 bits per heavy atom. The van der Waals surface area contributed by atoms with Crippen LogP contribution in [0.3, 0.4) is 0 Å². The molecule has 1 heterocycles. The van der Waals surface area contributed by atoms with Crippen molar-refractivity contribution in [3.05, 3.63) is 35.4 Å². The SMILES string of the molecule is C[C@@]1(c2cc(F)ccc2F)NC(=O)N(CC(=O)NCC(F)(F)F)C1=O. The van der Waals surface area contributed by atoms with Crippen LogP contribution in [-0.4, -0.2) is 42.0 Å². The first-order valence-electron chi connectivity index (χ1n) is 6.87. The summed E-state index contributed by atoms with van der Waals surface area (Å²) in [4.78, 5) is 36.1. The molecule has 25 heavy (non-hydrogen) atoms. The first-order valence-corrected chi connectivity index (χ1v) is 6.87. The number of hydrogen-bond donors (Lipinski definition) is 2. The molecule has 1 aromatic carbocycles. The zero-order valence-electron chi connectivity index (χ0n) is 12.7. The summed E-state index contributed by atoms with van der Waals surface area (Å²) in [6.07, 6.45) is -4.66. The summed E-state index contributed by atoms with van der Waals surface area (Å²) >= 11 is 0. The third kappa shape index (κ3) is 3.86. The van der Waals surface area contributed by atoms with Gasteiger partial charge in [0.05, 0.1) is 0 Å². The maximum atomic E-state index is 13.9. The van der Waals surface area contributed by atoms with Crippen molar-refractivity contribution in [3.63, 3.8) is 0 Å². The standard InChI is InChI=1S/C14H12F5N3O3/c1-13(8-4-7(15)2-3-9(8)16)11(24)22(12(25)21-13)5-10(23)20-6-14(17,18)19/h2-4H,5-6H2,1H3,(H,20,23)(H,21,25)/t13-/m0/s1. The van der Waals surface area contributed by atoms with Crippen LogP contribution in [0.1, 0.15) is 12.5 Å². The Morgan fingerprint density at radius 1 is 1.28 bits per heavy atom. The van der Waals surface area contributed by atoms with Crippen LogP contribution >= 0.6 is 0 Å². The van der Waals surface area contributed by atoms with Gasteiger partial charge in [-0.15, -0.1) is 0 Å².